The molecule has 0 spiro atoms. The molecule has 1 unspecified atom stereocenters. The fourth-order valence-electron chi connectivity index (χ4n) is 3.19. The molecule has 0 bridgehead atoms. The first-order chi connectivity index (χ1) is 9.71. The van der Waals surface area contributed by atoms with Gasteiger partial charge in [0.15, 0.2) is 0 Å². The smallest absolute Gasteiger partial charge is 0.0624 e. The van der Waals surface area contributed by atoms with Crippen LogP contribution in [0.2, 0.25) is 0 Å². The predicted octanol–water partition coefficient (Wildman–Crippen LogP) is 2.07. The molecular weight excluding hydrogens is 250 g/mol. The maximum atomic E-state index is 5.81. The summed E-state index contributed by atoms with van der Waals surface area (Å²) in [5, 5.41) is 8.31. The van der Waals surface area contributed by atoms with Gasteiger partial charge >= 0.3 is 0 Å². The molecule has 1 saturated carbocycles. The minimum Gasteiger partial charge on any atom is -0.381 e. The van der Waals surface area contributed by atoms with Gasteiger partial charge < -0.3 is 10.1 Å². The molecule has 112 valence electrons. The van der Waals surface area contributed by atoms with Crippen molar-refractivity contribution in [1.29, 1.82) is 0 Å². The summed E-state index contributed by atoms with van der Waals surface area (Å²) in [6.45, 7) is 5.07. The summed E-state index contributed by atoms with van der Waals surface area (Å²) in [5.74, 6) is 0. The summed E-state index contributed by atoms with van der Waals surface area (Å²) >= 11 is 0. The largest absolute Gasteiger partial charge is 0.381 e. The molecule has 3 rings (SSSR count). The van der Waals surface area contributed by atoms with E-state index in [0.29, 0.717) is 0 Å². The zero-order valence-electron chi connectivity index (χ0n) is 12.8. The van der Waals surface area contributed by atoms with Gasteiger partial charge in [0.05, 0.1) is 12.3 Å². The van der Waals surface area contributed by atoms with Crippen LogP contribution in [0.3, 0.4) is 0 Å². The third kappa shape index (κ3) is 3.23. The summed E-state index contributed by atoms with van der Waals surface area (Å²) < 4.78 is 7.88. The van der Waals surface area contributed by atoms with Crippen LogP contribution in [0.15, 0.2) is 6.07 Å². The molecule has 2 fully saturated rings. The zero-order chi connectivity index (χ0) is 14.0. The van der Waals surface area contributed by atoms with E-state index in [4.69, 9.17) is 4.74 Å². The van der Waals surface area contributed by atoms with Gasteiger partial charge in [-0.3, -0.25) is 4.68 Å². The highest BCUT2D eigenvalue weighted by molar-refractivity contribution is 5.13. The van der Waals surface area contributed by atoms with Crippen molar-refractivity contribution < 1.29 is 4.74 Å². The summed E-state index contributed by atoms with van der Waals surface area (Å²) in [5.41, 5.74) is 2.81. The van der Waals surface area contributed by atoms with Gasteiger partial charge in [-0.15, -0.1) is 0 Å². The Morgan fingerprint density at radius 2 is 2.35 bits per heavy atom. The fourth-order valence-corrected chi connectivity index (χ4v) is 3.19. The molecule has 1 aromatic heterocycles. The number of aryl methyl sites for hydroxylation is 2. The Morgan fingerprint density at radius 1 is 1.50 bits per heavy atom. The minimum absolute atomic E-state index is 0.264. The normalized spacial score (nSPS) is 26.9. The van der Waals surface area contributed by atoms with E-state index in [1.807, 2.05) is 0 Å². The fraction of sp³-hybridized carbons (Fsp3) is 0.812. The van der Waals surface area contributed by atoms with Gasteiger partial charge in [0, 0.05) is 37.4 Å². The van der Waals surface area contributed by atoms with Gasteiger partial charge in [-0.05, 0) is 44.6 Å². The van der Waals surface area contributed by atoms with Crippen molar-refractivity contribution in [3.8, 4) is 0 Å². The van der Waals surface area contributed by atoms with Crippen molar-refractivity contribution >= 4 is 0 Å². The van der Waals surface area contributed by atoms with E-state index in [-0.39, 0.29) is 5.41 Å². The number of nitrogens with zero attached hydrogens (tertiary/aromatic N) is 2. The third-order valence-corrected chi connectivity index (χ3v) is 4.69. The van der Waals surface area contributed by atoms with Gasteiger partial charge in [0.2, 0.25) is 0 Å². The van der Waals surface area contributed by atoms with E-state index in [1.54, 1.807) is 0 Å². The van der Waals surface area contributed by atoms with E-state index < -0.39 is 0 Å². The average Bonchev–Trinajstić information content (AvgIpc) is 3.23. The first kappa shape index (κ1) is 14.1. The molecule has 4 heteroatoms. The lowest BCUT2D eigenvalue weighted by molar-refractivity contribution is -0.00824. The van der Waals surface area contributed by atoms with Crippen LogP contribution < -0.4 is 5.32 Å². The van der Waals surface area contributed by atoms with Gasteiger partial charge in [0.1, 0.15) is 0 Å². The highest BCUT2D eigenvalue weighted by Gasteiger charge is 2.35. The molecule has 4 nitrogen and oxygen atoms in total. The van der Waals surface area contributed by atoms with E-state index in [2.05, 4.69) is 35.1 Å². The summed E-state index contributed by atoms with van der Waals surface area (Å²) in [7, 11) is 2.07. The summed E-state index contributed by atoms with van der Waals surface area (Å²) in [4.78, 5) is 0. The number of ether oxygens (including phenoxy) is 1. The van der Waals surface area contributed by atoms with Gasteiger partial charge in [-0.1, -0.05) is 6.92 Å². The molecule has 0 radical (unpaired) electrons. The zero-order valence-corrected chi connectivity index (χ0v) is 12.8. The number of hydrogen-bond donors (Lipinski definition) is 1. The molecule has 1 aliphatic carbocycles. The van der Waals surface area contributed by atoms with Gasteiger partial charge in [0.25, 0.3) is 0 Å². The molecule has 1 N–H and O–H groups in total. The lowest BCUT2D eigenvalue weighted by atomic mass is 9.78. The second kappa shape index (κ2) is 5.86. The molecule has 2 aliphatic rings. The molecule has 1 atom stereocenters. The van der Waals surface area contributed by atoms with Crippen molar-refractivity contribution in [3.63, 3.8) is 0 Å². The number of hydrogen-bond acceptors (Lipinski definition) is 3. The highest BCUT2D eigenvalue weighted by atomic mass is 16.5. The van der Waals surface area contributed by atoms with Crippen molar-refractivity contribution in [2.45, 2.75) is 51.5 Å². The van der Waals surface area contributed by atoms with Crippen LogP contribution in [-0.2, 0) is 24.6 Å². The molecule has 2 heterocycles. The Kier molecular flexibility index (Phi) is 4.13. The minimum atomic E-state index is 0.264. The van der Waals surface area contributed by atoms with Crippen LogP contribution in [0.4, 0.5) is 0 Å². The molecule has 1 aliphatic heterocycles. The van der Waals surface area contributed by atoms with Crippen molar-refractivity contribution in [1.82, 2.24) is 15.1 Å². The molecule has 0 amide bonds. The Morgan fingerprint density at radius 3 is 2.95 bits per heavy atom. The van der Waals surface area contributed by atoms with E-state index in [9.17, 15) is 0 Å². The Bertz CT molecular complexity index is 445. The Hall–Kier alpha value is -0.870. The topological polar surface area (TPSA) is 39.1 Å². The number of aromatic nitrogens is 2. The first-order valence-electron chi connectivity index (χ1n) is 8.04. The van der Waals surface area contributed by atoms with Crippen molar-refractivity contribution in [2.24, 2.45) is 12.5 Å². The lowest BCUT2D eigenvalue weighted by Gasteiger charge is -2.37. The summed E-state index contributed by atoms with van der Waals surface area (Å²) in [6.07, 6.45) is 7.24. The van der Waals surface area contributed by atoms with Gasteiger partial charge in [-0.25, -0.2) is 0 Å². The van der Waals surface area contributed by atoms with Crippen LogP contribution in [-0.4, -0.2) is 35.6 Å². The van der Waals surface area contributed by atoms with Crippen LogP contribution in [0, 0.1) is 5.41 Å². The average molecular weight is 277 g/mol. The maximum absolute atomic E-state index is 5.81. The Balaban J connectivity index is 1.71. The van der Waals surface area contributed by atoms with E-state index in [0.717, 1.165) is 38.6 Å². The predicted molar refractivity (Wildman–Crippen MR) is 79.8 cm³/mol. The highest BCUT2D eigenvalue weighted by Crippen LogP contribution is 2.33. The van der Waals surface area contributed by atoms with Gasteiger partial charge in [-0.2, -0.15) is 5.10 Å². The van der Waals surface area contributed by atoms with E-state index in [1.165, 1.54) is 37.1 Å². The third-order valence-electron chi connectivity index (χ3n) is 4.69. The van der Waals surface area contributed by atoms with Crippen molar-refractivity contribution in [2.75, 3.05) is 19.8 Å². The number of nitrogens with one attached hydrogen (secondary N) is 1. The second-order valence-electron chi connectivity index (χ2n) is 6.59. The molecule has 0 aromatic carbocycles. The number of rotatable bonds is 6. The van der Waals surface area contributed by atoms with Crippen LogP contribution >= 0.6 is 0 Å². The second-order valence-corrected chi connectivity index (χ2v) is 6.59. The van der Waals surface area contributed by atoms with Crippen LogP contribution in [0.25, 0.3) is 0 Å². The SMILES string of the molecule is CCc1cc(CC2(CNC3CC3)CCCOC2)n(C)n1. The first-order valence-corrected chi connectivity index (χ1v) is 8.04. The molecule has 20 heavy (non-hydrogen) atoms. The Labute approximate surface area is 121 Å². The lowest BCUT2D eigenvalue weighted by Crippen LogP contribution is -2.43. The van der Waals surface area contributed by atoms with Crippen LogP contribution in [0.1, 0.15) is 44.0 Å². The van der Waals surface area contributed by atoms with Crippen LogP contribution in [0.5, 0.6) is 0 Å². The monoisotopic (exact) mass is 277 g/mol. The molecule has 1 aromatic rings. The maximum Gasteiger partial charge on any atom is 0.0624 e. The summed E-state index contributed by atoms with van der Waals surface area (Å²) in [6, 6.07) is 3.04. The standard InChI is InChI=1S/C16H27N3O/c1-3-13-9-15(19(2)18-13)10-16(7-4-8-20-12-16)11-17-14-5-6-14/h9,14,17H,3-8,10-12H2,1-2H3. The quantitative estimate of drug-likeness (QED) is 0.865. The van der Waals surface area contributed by atoms with E-state index >= 15 is 0 Å². The molecule has 1 saturated heterocycles. The molecular formula is C16H27N3O. The van der Waals surface area contributed by atoms with Crippen molar-refractivity contribution in [3.05, 3.63) is 17.5 Å².